The highest BCUT2D eigenvalue weighted by molar-refractivity contribution is 6.31. The molecule has 5 nitrogen and oxygen atoms in total. The molecule has 0 radical (unpaired) electrons. The molecule has 118 valence electrons. The molecule has 6 heteroatoms. The highest BCUT2D eigenvalue weighted by Crippen LogP contribution is 2.39. The Morgan fingerprint density at radius 1 is 1.23 bits per heavy atom. The van der Waals surface area contributed by atoms with Crippen LogP contribution in [0.25, 0.3) is 0 Å². The molecule has 2 heterocycles. The Morgan fingerprint density at radius 3 is 2.77 bits per heavy atom. The number of benzene rings is 1. The van der Waals surface area contributed by atoms with Crippen LogP contribution in [0.3, 0.4) is 0 Å². The maximum absolute atomic E-state index is 12.2. The van der Waals surface area contributed by atoms with E-state index in [1.807, 2.05) is 0 Å². The topological polar surface area (TPSA) is 56.8 Å². The summed E-state index contributed by atoms with van der Waals surface area (Å²) in [5, 5.41) is 3.63. The molecule has 1 aromatic rings. The van der Waals surface area contributed by atoms with E-state index in [-0.39, 0.29) is 18.4 Å². The molecule has 1 aliphatic carbocycles. The van der Waals surface area contributed by atoms with E-state index in [0.29, 0.717) is 41.8 Å². The molecule has 1 amide bonds. The minimum Gasteiger partial charge on any atom is -0.486 e. The van der Waals surface area contributed by atoms with Crippen LogP contribution in [0, 0.1) is 5.92 Å². The lowest BCUT2D eigenvalue weighted by molar-refractivity contribution is -0.123. The van der Waals surface area contributed by atoms with Crippen molar-refractivity contribution < 1.29 is 19.0 Å². The first-order chi connectivity index (χ1) is 10.7. The highest BCUT2D eigenvalue weighted by Gasteiger charge is 2.45. The van der Waals surface area contributed by atoms with Crippen LogP contribution in [0.15, 0.2) is 12.1 Å². The van der Waals surface area contributed by atoms with Crippen molar-refractivity contribution in [1.82, 2.24) is 5.32 Å². The summed E-state index contributed by atoms with van der Waals surface area (Å²) in [7, 11) is 0. The summed E-state index contributed by atoms with van der Waals surface area (Å²) in [5.41, 5.74) is 0.766. The predicted octanol–water partition coefficient (Wildman–Crippen LogP) is 1.95. The van der Waals surface area contributed by atoms with Crippen LogP contribution in [0.4, 0.5) is 0 Å². The molecule has 22 heavy (non-hydrogen) atoms. The zero-order chi connectivity index (χ0) is 15.1. The molecule has 0 unspecified atom stereocenters. The quantitative estimate of drug-likeness (QED) is 0.923. The largest absolute Gasteiger partial charge is 0.486 e. The monoisotopic (exact) mass is 323 g/mol. The van der Waals surface area contributed by atoms with Crippen molar-refractivity contribution in [3.63, 3.8) is 0 Å². The van der Waals surface area contributed by atoms with Crippen LogP contribution in [0.2, 0.25) is 5.02 Å². The maximum Gasteiger partial charge on any atom is 0.224 e. The molecule has 2 fully saturated rings. The van der Waals surface area contributed by atoms with Gasteiger partial charge in [-0.15, -0.1) is 0 Å². The third-order valence-corrected chi connectivity index (χ3v) is 5.02. The molecule has 0 bridgehead atoms. The Labute approximate surface area is 133 Å². The summed E-state index contributed by atoms with van der Waals surface area (Å²) in [6, 6.07) is 3.78. The smallest absolute Gasteiger partial charge is 0.224 e. The molecule has 4 rings (SSSR count). The van der Waals surface area contributed by atoms with Gasteiger partial charge in [0.2, 0.25) is 5.91 Å². The fraction of sp³-hybridized carbons (Fsp3) is 0.562. The van der Waals surface area contributed by atoms with E-state index >= 15 is 0 Å². The van der Waals surface area contributed by atoms with Gasteiger partial charge in [-0.1, -0.05) is 11.6 Å². The van der Waals surface area contributed by atoms with Gasteiger partial charge in [0, 0.05) is 29.7 Å². The summed E-state index contributed by atoms with van der Waals surface area (Å²) in [6.45, 7) is 1.86. The number of carbonyl (C=O) groups excluding carboxylic acids is 1. The average Bonchev–Trinajstić information content (AvgIpc) is 2.87. The zero-order valence-electron chi connectivity index (χ0n) is 12.1. The standard InChI is InChI=1S/C16H18ClNO4/c17-11-7-15-14(21-3-4-22-15)5-9(11)6-16(19)18-12-8-13-10(12)1-2-20-13/h5,7,10,12-13H,1-4,6,8H2,(H,18,19)/t10-,12+,13+/m0/s1. The van der Waals surface area contributed by atoms with Crippen molar-refractivity contribution in [3.05, 3.63) is 22.7 Å². The third kappa shape index (κ3) is 2.52. The van der Waals surface area contributed by atoms with Gasteiger partial charge in [-0.05, 0) is 24.5 Å². The van der Waals surface area contributed by atoms with Gasteiger partial charge in [0.25, 0.3) is 0 Å². The van der Waals surface area contributed by atoms with E-state index in [9.17, 15) is 4.79 Å². The minimum absolute atomic E-state index is 0.00562. The molecular weight excluding hydrogens is 306 g/mol. The molecule has 0 aromatic heterocycles. The van der Waals surface area contributed by atoms with Gasteiger partial charge in [-0.25, -0.2) is 0 Å². The maximum atomic E-state index is 12.2. The van der Waals surface area contributed by atoms with Crippen molar-refractivity contribution >= 4 is 17.5 Å². The van der Waals surface area contributed by atoms with Gasteiger partial charge in [0.05, 0.1) is 12.5 Å². The van der Waals surface area contributed by atoms with Crippen molar-refractivity contribution in [1.29, 1.82) is 0 Å². The Bertz CT molecular complexity index is 606. The first-order valence-electron chi connectivity index (χ1n) is 7.69. The van der Waals surface area contributed by atoms with Gasteiger partial charge in [0.1, 0.15) is 13.2 Å². The lowest BCUT2D eigenvalue weighted by atomic mass is 9.76. The van der Waals surface area contributed by atoms with E-state index in [2.05, 4.69) is 5.32 Å². The van der Waals surface area contributed by atoms with E-state index in [4.69, 9.17) is 25.8 Å². The lowest BCUT2D eigenvalue weighted by Gasteiger charge is -2.39. The first-order valence-corrected chi connectivity index (χ1v) is 8.07. The SMILES string of the molecule is O=C(Cc1cc2c(cc1Cl)OCCO2)N[C@@H]1C[C@H]2OCC[C@@H]12. The summed E-state index contributed by atoms with van der Waals surface area (Å²) < 4.78 is 16.6. The summed E-state index contributed by atoms with van der Waals surface area (Å²) in [6.07, 6.45) is 2.57. The van der Waals surface area contributed by atoms with Crippen molar-refractivity contribution in [2.45, 2.75) is 31.4 Å². The molecule has 1 N–H and O–H groups in total. The van der Waals surface area contributed by atoms with Crippen molar-refractivity contribution in [2.24, 2.45) is 5.92 Å². The molecule has 1 saturated carbocycles. The zero-order valence-corrected chi connectivity index (χ0v) is 12.9. The highest BCUT2D eigenvalue weighted by atomic mass is 35.5. The van der Waals surface area contributed by atoms with Crippen LogP contribution in [-0.4, -0.2) is 37.9 Å². The molecule has 3 aliphatic rings. The Morgan fingerprint density at radius 2 is 2.00 bits per heavy atom. The van der Waals surface area contributed by atoms with Gasteiger partial charge >= 0.3 is 0 Å². The van der Waals surface area contributed by atoms with Gasteiger partial charge in [0.15, 0.2) is 11.5 Å². The fourth-order valence-corrected chi connectivity index (χ4v) is 3.66. The van der Waals surface area contributed by atoms with Crippen LogP contribution >= 0.6 is 11.6 Å². The van der Waals surface area contributed by atoms with Crippen molar-refractivity contribution in [3.8, 4) is 11.5 Å². The minimum atomic E-state index is -0.00562. The van der Waals surface area contributed by atoms with Gasteiger partial charge in [-0.2, -0.15) is 0 Å². The number of halogens is 1. The Balaban J connectivity index is 1.41. The first kappa shape index (κ1) is 14.2. The summed E-state index contributed by atoms with van der Waals surface area (Å²) in [4.78, 5) is 12.2. The van der Waals surface area contributed by atoms with Crippen molar-refractivity contribution in [2.75, 3.05) is 19.8 Å². The molecule has 1 aromatic carbocycles. The van der Waals surface area contributed by atoms with Crippen LogP contribution < -0.4 is 14.8 Å². The number of ether oxygens (including phenoxy) is 3. The summed E-state index contributed by atoms with van der Waals surface area (Å²) >= 11 is 6.24. The lowest BCUT2D eigenvalue weighted by Crippen LogP contribution is -2.53. The number of nitrogens with one attached hydrogen (secondary N) is 1. The number of rotatable bonds is 3. The Kier molecular flexibility index (Phi) is 3.62. The van der Waals surface area contributed by atoms with E-state index < -0.39 is 0 Å². The second-order valence-corrected chi connectivity index (χ2v) is 6.44. The third-order valence-electron chi connectivity index (χ3n) is 4.67. The van der Waals surface area contributed by atoms with Crippen LogP contribution in [0.5, 0.6) is 11.5 Å². The Hall–Kier alpha value is -1.46. The van der Waals surface area contributed by atoms with Gasteiger partial charge < -0.3 is 19.5 Å². The number of hydrogen-bond acceptors (Lipinski definition) is 4. The average molecular weight is 324 g/mol. The molecule has 3 atom stereocenters. The molecule has 1 saturated heterocycles. The number of carbonyl (C=O) groups is 1. The molecule has 2 aliphatic heterocycles. The normalized spacial score (nSPS) is 28.7. The fourth-order valence-electron chi connectivity index (χ4n) is 3.44. The second kappa shape index (κ2) is 5.63. The van der Waals surface area contributed by atoms with E-state index in [0.717, 1.165) is 25.0 Å². The summed E-state index contributed by atoms with van der Waals surface area (Å²) in [5.74, 6) is 1.78. The van der Waals surface area contributed by atoms with E-state index in [1.54, 1.807) is 12.1 Å². The number of fused-ring (bicyclic) bond motifs is 2. The molecule has 0 spiro atoms. The van der Waals surface area contributed by atoms with Gasteiger partial charge in [-0.3, -0.25) is 4.79 Å². The van der Waals surface area contributed by atoms with Crippen LogP contribution in [0.1, 0.15) is 18.4 Å². The predicted molar refractivity (Wildman–Crippen MR) is 80.5 cm³/mol. The second-order valence-electron chi connectivity index (χ2n) is 6.04. The number of hydrogen-bond donors (Lipinski definition) is 1. The molecular formula is C16H18ClNO4. The van der Waals surface area contributed by atoms with E-state index in [1.165, 1.54) is 0 Å². The van der Waals surface area contributed by atoms with Crippen LogP contribution in [-0.2, 0) is 16.0 Å². The number of amides is 1.